The molecule has 2 aliphatic heterocycles. The number of amides is 2. The van der Waals surface area contributed by atoms with Crippen LogP contribution in [0.5, 0.6) is 0 Å². The van der Waals surface area contributed by atoms with Crippen molar-refractivity contribution in [3.63, 3.8) is 0 Å². The van der Waals surface area contributed by atoms with Crippen molar-refractivity contribution in [2.75, 3.05) is 33.2 Å². The third-order valence-electron chi connectivity index (χ3n) is 4.96. The Kier molecular flexibility index (Phi) is 9.87. The summed E-state index contributed by atoms with van der Waals surface area (Å²) in [5, 5.41) is 3.69. The molecule has 2 aliphatic rings. The monoisotopic (exact) mass is 434 g/mol. The summed E-state index contributed by atoms with van der Waals surface area (Å²) in [7, 11) is 1.85. The number of aromatic nitrogens is 1. The topological polar surface area (TPSA) is 65.5 Å². The van der Waals surface area contributed by atoms with E-state index in [0.29, 0.717) is 10.6 Å². The van der Waals surface area contributed by atoms with Gasteiger partial charge in [-0.3, -0.25) is 9.59 Å². The first-order valence-electron chi connectivity index (χ1n) is 8.96. The Labute approximate surface area is 177 Å². The van der Waals surface area contributed by atoms with Crippen molar-refractivity contribution in [2.45, 2.75) is 42.5 Å². The summed E-state index contributed by atoms with van der Waals surface area (Å²) < 4.78 is 0. The van der Waals surface area contributed by atoms with Crippen molar-refractivity contribution < 1.29 is 9.59 Å². The highest BCUT2D eigenvalue weighted by molar-refractivity contribution is 8.00. The number of pyridine rings is 1. The maximum absolute atomic E-state index is 12.9. The van der Waals surface area contributed by atoms with E-state index < -0.39 is 0 Å². The minimum atomic E-state index is -0.238. The second-order valence-electron chi connectivity index (χ2n) is 6.71. The first-order valence-corrected chi connectivity index (χ1v) is 9.84. The highest BCUT2D eigenvalue weighted by Gasteiger charge is 2.28. The second-order valence-corrected chi connectivity index (χ2v) is 8.04. The molecule has 0 aliphatic carbocycles. The van der Waals surface area contributed by atoms with E-state index in [2.05, 4.69) is 10.3 Å². The van der Waals surface area contributed by atoms with Crippen LogP contribution in [0.25, 0.3) is 0 Å². The number of nitrogens with zero attached hydrogens (tertiary/aromatic N) is 3. The van der Waals surface area contributed by atoms with Gasteiger partial charge in [-0.25, -0.2) is 4.98 Å². The van der Waals surface area contributed by atoms with Gasteiger partial charge in [-0.05, 0) is 44.9 Å². The molecule has 0 bridgehead atoms. The molecule has 9 heteroatoms. The van der Waals surface area contributed by atoms with E-state index in [1.807, 2.05) is 24.9 Å². The largest absolute Gasteiger partial charge is 0.342 e. The van der Waals surface area contributed by atoms with E-state index in [9.17, 15) is 9.59 Å². The second kappa shape index (κ2) is 11.1. The van der Waals surface area contributed by atoms with Gasteiger partial charge in [0.1, 0.15) is 5.03 Å². The summed E-state index contributed by atoms with van der Waals surface area (Å²) in [6.45, 7) is 5.36. The first-order chi connectivity index (χ1) is 12.1. The molecule has 152 valence electrons. The molecule has 1 aromatic rings. The number of rotatable bonds is 5. The van der Waals surface area contributed by atoms with Crippen molar-refractivity contribution >= 4 is 48.4 Å². The van der Waals surface area contributed by atoms with E-state index >= 15 is 0 Å². The maximum atomic E-state index is 12.9. The molecule has 0 spiro atoms. The predicted octanol–water partition coefficient (Wildman–Crippen LogP) is 2.46. The van der Waals surface area contributed by atoms with Gasteiger partial charge in [0.05, 0.1) is 10.8 Å². The molecule has 2 fully saturated rings. The van der Waals surface area contributed by atoms with E-state index in [1.54, 1.807) is 17.2 Å². The SMILES string of the molecule is CC(Sc1ncccc1C(=O)N(C)C1CCNC1)C(=O)N1CCCC1.Cl.Cl. The highest BCUT2D eigenvalue weighted by atomic mass is 35.5. The number of likely N-dealkylation sites (N-methyl/N-ethyl adjacent to an activating group) is 1. The Hall–Kier alpha value is -1.02. The van der Waals surface area contributed by atoms with Crippen molar-refractivity contribution in [1.29, 1.82) is 0 Å². The molecule has 3 heterocycles. The molecule has 3 rings (SSSR count). The Balaban J connectivity index is 0.00000182. The zero-order chi connectivity index (χ0) is 17.8. The van der Waals surface area contributed by atoms with Gasteiger partial charge < -0.3 is 15.1 Å². The molecule has 0 aromatic carbocycles. The van der Waals surface area contributed by atoms with E-state index in [4.69, 9.17) is 0 Å². The van der Waals surface area contributed by atoms with Crippen LogP contribution < -0.4 is 5.32 Å². The average Bonchev–Trinajstić information content (AvgIpc) is 3.33. The van der Waals surface area contributed by atoms with Crippen LogP contribution >= 0.6 is 36.6 Å². The maximum Gasteiger partial charge on any atom is 0.256 e. The van der Waals surface area contributed by atoms with Crippen LogP contribution in [0, 0.1) is 0 Å². The van der Waals surface area contributed by atoms with Gasteiger partial charge >= 0.3 is 0 Å². The zero-order valence-electron chi connectivity index (χ0n) is 15.7. The number of carbonyl (C=O) groups excluding carboxylic acids is 2. The third-order valence-corrected chi connectivity index (χ3v) is 6.06. The fraction of sp³-hybridized carbons (Fsp3) is 0.611. The lowest BCUT2D eigenvalue weighted by Gasteiger charge is -2.25. The number of nitrogens with one attached hydrogen (secondary N) is 1. The van der Waals surface area contributed by atoms with Gasteiger partial charge in [-0.15, -0.1) is 24.8 Å². The van der Waals surface area contributed by atoms with Crippen LogP contribution in [-0.4, -0.2) is 71.1 Å². The summed E-state index contributed by atoms with van der Waals surface area (Å²) in [5.74, 6) is 0.116. The van der Waals surface area contributed by atoms with Gasteiger partial charge in [-0.1, -0.05) is 11.8 Å². The third kappa shape index (κ3) is 5.73. The fourth-order valence-corrected chi connectivity index (χ4v) is 4.37. The van der Waals surface area contributed by atoms with Crippen LogP contribution in [-0.2, 0) is 4.79 Å². The molecule has 0 radical (unpaired) electrons. The molecule has 2 amide bonds. The Morgan fingerprint density at radius 2 is 2.04 bits per heavy atom. The Morgan fingerprint density at radius 3 is 2.67 bits per heavy atom. The smallest absolute Gasteiger partial charge is 0.256 e. The lowest BCUT2D eigenvalue weighted by atomic mass is 10.2. The van der Waals surface area contributed by atoms with Gasteiger partial charge in [0.25, 0.3) is 5.91 Å². The quantitative estimate of drug-likeness (QED) is 0.720. The normalized spacial score (nSPS) is 19.8. The summed E-state index contributed by atoms with van der Waals surface area (Å²) in [6, 6.07) is 3.81. The van der Waals surface area contributed by atoms with Gasteiger partial charge in [0, 0.05) is 38.9 Å². The Morgan fingerprint density at radius 1 is 1.33 bits per heavy atom. The molecule has 27 heavy (non-hydrogen) atoms. The summed E-state index contributed by atoms with van der Waals surface area (Å²) in [4.78, 5) is 33.6. The van der Waals surface area contributed by atoms with Crippen LogP contribution in [0.4, 0.5) is 0 Å². The number of carbonyl (C=O) groups is 2. The standard InChI is InChI=1S/C18H26N4O2S.2ClH/c1-13(17(23)22-10-3-4-11-22)25-16-15(6-5-8-20-16)18(24)21(2)14-7-9-19-12-14;;/h5-6,8,13-14,19H,3-4,7,9-12H2,1-2H3;2*1H. The van der Waals surface area contributed by atoms with E-state index in [-0.39, 0.29) is 47.9 Å². The van der Waals surface area contributed by atoms with Crippen molar-refractivity contribution in [1.82, 2.24) is 20.1 Å². The number of hydrogen-bond acceptors (Lipinski definition) is 5. The minimum absolute atomic E-state index is 0. The zero-order valence-corrected chi connectivity index (χ0v) is 18.2. The van der Waals surface area contributed by atoms with Gasteiger partial charge in [0.2, 0.25) is 5.91 Å². The van der Waals surface area contributed by atoms with Gasteiger partial charge in [-0.2, -0.15) is 0 Å². The Bertz CT molecular complexity index is 638. The summed E-state index contributed by atoms with van der Waals surface area (Å²) in [5.41, 5.74) is 0.586. The van der Waals surface area contributed by atoms with Crippen LogP contribution in [0.15, 0.2) is 23.4 Å². The van der Waals surface area contributed by atoms with Crippen molar-refractivity contribution in [3.8, 4) is 0 Å². The molecule has 1 aromatic heterocycles. The number of halogens is 2. The summed E-state index contributed by atoms with van der Waals surface area (Å²) >= 11 is 1.39. The minimum Gasteiger partial charge on any atom is -0.342 e. The van der Waals surface area contributed by atoms with E-state index in [1.165, 1.54) is 11.8 Å². The van der Waals surface area contributed by atoms with E-state index in [0.717, 1.165) is 45.4 Å². The molecule has 1 N–H and O–H groups in total. The molecular weight excluding hydrogens is 407 g/mol. The lowest BCUT2D eigenvalue weighted by Crippen LogP contribution is -2.38. The number of hydrogen-bond donors (Lipinski definition) is 1. The van der Waals surface area contributed by atoms with Crippen molar-refractivity contribution in [3.05, 3.63) is 23.9 Å². The molecule has 2 saturated heterocycles. The van der Waals surface area contributed by atoms with Gasteiger partial charge in [0.15, 0.2) is 0 Å². The van der Waals surface area contributed by atoms with Crippen LogP contribution in [0.2, 0.25) is 0 Å². The first kappa shape index (κ1) is 24.0. The number of thioether (sulfide) groups is 1. The van der Waals surface area contributed by atoms with Crippen molar-refractivity contribution in [2.24, 2.45) is 0 Å². The van der Waals surface area contributed by atoms with Crippen LogP contribution in [0.1, 0.15) is 36.5 Å². The molecule has 2 atom stereocenters. The molecular formula is C18H28Cl2N4O2S. The molecule has 2 unspecified atom stereocenters. The lowest BCUT2D eigenvalue weighted by molar-refractivity contribution is -0.129. The summed E-state index contributed by atoms with van der Waals surface area (Å²) in [6.07, 6.45) is 4.81. The molecule has 6 nitrogen and oxygen atoms in total. The number of likely N-dealkylation sites (tertiary alicyclic amines) is 1. The highest BCUT2D eigenvalue weighted by Crippen LogP contribution is 2.28. The fourth-order valence-electron chi connectivity index (χ4n) is 3.39. The predicted molar refractivity (Wildman–Crippen MR) is 113 cm³/mol. The molecule has 0 saturated carbocycles. The average molecular weight is 435 g/mol. The van der Waals surface area contributed by atoms with Crippen LogP contribution in [0.3, 0.4) is 0 Å².